The van der Waals surface area contributed by atoms with Gasteiger partial charge in [-0.3, -0.25) is 4.39 Å². The zero-order valence-electron chi connectivity index (χ0n) is 56.3. The number of sulfone groups is 1. The van der Waals surface area contributed by atoms with Gasteiger partial charge in [-0.25, -0.2) is 8.42 Å². The molecule has 0 aromatic heterocycles. The molecule has 9 nitrogen and oxygen atoms in total. The molecule has 30 heteroatoms. The monoisotopic (exact) mass is 1550 g/mol. The van der Waals surface area contributed by atoms with Gasteiger partial charge < -0.3 is 33.2 Å². The summed E-state index contributed by atoms with van der Waals surface area (Å²) in [5, 5.41) is 0. The number of halogens is 20. The minimum Gasteiger partial charge on any atom is -0.497 e. The Morgan fingerprint density at radius 1 is 0.380 bits per heavy atom. The highest BCUT2D eigenvalue weighted by atomic mass is 32.2. The molecular formula is C78H58F20O9S. The van der Waals surface area contributed by atoms with E-state index in [0.29, 0.717) is 90.5 Å². The van der Waals surface area contributed by atoms with Crippen molar-refractivity contribution in [2.75, 3.05) is 14.3 Å². The fourth-order valence-corrected chi connectivity index (χ4v) is 11.7. The van der Waals surface area contributed by atoms with E-state index < -0.39 is 104 Å². The van der Waals surface area contributed by atoms with Crippen LogP contribution in [0.2, 0.25) is 0 Å². The maximum Gasteiger partial charge on any atom is 0.399 e. The number of ether oxygens (including phenoxy) is 7. The van der Waals surface area contributed by atoms with Crippen molar-refractivity contribution >= 4 is 15.9 Å². The molecule has 0 amide bonds. The summed E-state index contributed by atoms with van der Waals surface area (Å²) in [6.07, 6.45) is -16.1. The quantitative estimate of drug-likeness (QED) is 0.0485. The first-order valence-corrected chi connectivity index (χ1v) is 32.7. The van der Waals surface area contributed by atoms with Crippen molar-refractivity contribution in [3.63, 3.8) is 0 Å². The Kier molecular flexibility index (Phi) is 25.4. The fourth-order valence-electron chi connectivity index (χ4n) is 10.5. The third-order valence-corrected chi connectivity index (χ3v) is 17.3. The van der Waals surface area contributed by atoms with E-state index >= 15 is 8.78 Å². The van der Waals surface area contributed by atoms with Crippen LogP contribution >= 0.6 is 0 Å². The lowest BCUT2D eigenvalue weighted by Gasteiger charge is -2.55. The Hall–Kier alpha value is -11.2. The molecule has 11 rings (SSSR count). The van der Waals surface area contributed by atoms with Crippen LogP contribution in [0.25, 0.3) is 28.3 Å². The molecule has 570 valence electrons. The fraction of sp³-hybridized carbons (Fsp3) is 0.179. The van der Waals surface area contributed by atoms with Crippen LogP contribution < -0.4 is 33.2 Å². The topological polar surface area (TPSA) is 98.8 Å². The molecule has 108 heavy (non-hydrogen) atoms. The third kappa shape index (κ3) is 20.1. The van der Waals surface area contributed by atoms with Gasteiger partial charge in [0.2, 0.25) is 9.84 Å². The van der Waals surface area contributed by atoms with Crippen LogP contribution in [0.4, 0.5) is 87.8 Å². The van der Waals surface area contributed by atoms with E-state index in [4.69, 9.17) is 23.7 Å². The maximum atomic E-state index is 16.1. The molecule has 0 spiro atoms. The lowest BCUT2D eigenvalue weighted by Crippen LogP contribution is -2.89. The highest BCUT2D eigenvalue weighted by molar-refractivity contribution is 7.91. The molecule has 1 saturated carbocycles. The zero-order valence-corrected chi connectivity index (χ0v) is 57.1. The van der Waals surface area contributed by atoms with Gasteiger partial charge in [0.05, 0.1) is 24.1 Å². The molecule has 0 bridgehead atoms. The summed E-state index contributed by atoms with van der Waals surface area (Å²) in [5.74, 6) is -27.3. The minimum absolute atomic E-state index is 0.0472. The zero-order chi connectivity index (χ0) is 79.4. The summed E-state index contributed by atoms with van der Waals surface area (Å²) in [4.78, 5) is 0.113. The first kappa shape index (κ1) is 82.5. The second-order valence-corrected chi connectivity index (χ2v) is 25.2. The Morgan fingerprint density at radius 2 is 0.630 bits per heavy atom. The first-order chi connectivity index (χ1) is 50.6. The van der Waals surface area contributed by atoms with E-state index in [1.807, 2.05) is 48.5 Å². The molecule has 0 aliphatic heterocycles. The van der Waals surface area contributed by atoms with Crippen molar-refractivity contribution in [2.45, 2.75) is 83.7 Å². The number of methoxy groups -OCH3 is 1. The molecule has 0 radical (unpaired) electrons. The summed E-state index contributed by atoms with van der Waals surface area (Å²) < 4.78 is 329. The number of hydrogen-bond acceptors (Lipinski definition) is 9. The average molecular weight is 1550 g/mol. The molecule has 0 heterocycles. The van der Waals surface area contributed by atoms with Gasteiger partial charge in [-0.2, -0.15) is 83.4 Å². The summed E-state index contributed by atoms with van der Waals surface area (Å²) in [7, 11) is -1.80. The maximum absolute atomic E-state index is 16.1. The molecule has 10 aromatic carbocycles. The number of rotatable bonds is 22. The van der Waals surface area contributed by atoms with Gasteiger partial charge in [0, 0.05) is 13.8 Å². The van der Waals surface area contributed by atoms with E-state index in [0.717, 1.165) is 64.4 Å². The van der Waals surface area contributed by atoms with Crippen LogP contribution in [0.3, 0.4) is 0 Å². The van der Waals surface area contributed by atoms with Crippen molar-refractivity contribution in [3.8, 4) is 74.0 Å². The van der Waals surface area contributed by atoms with E-state index in [-0.39, 0.29) is 40.7 Å². The standard InChI is InChI=1S/C73H49F13O9S.2C2H3F3.CH3F/c1-3-45-4-6-50(7-5-45)66(68(75,76)77)52-18-32-61(33-19-52)94-72(85)70(81,82)71(83,84)73(72,86)95-62-34-20-53(21-35-62)67(69(78,79)80)51-16-30-60(31-17-51)93-65(74)44-90-55-24-10-47(11-25-55)49-14-28-57(29-15-49)92-59-38-42-64(43-39-59)96(87,88)63-40-36-58(37-41-63)91-56-26-12-48(13-27-56)46-8-22-54(89-2)23-9-46;2*1-2(3,4)5;1-2/h3-44,66-67H,1H2,2H3;2*1H3;1H3/b65-44+;;;. The second kappa shape index (κ2) is 33.3. The predicted octanol–water partition coefficient (Wildman–Crippen LogP) is 24.5. The van der Waals surface area contributed by atoms with Gasteiger partial charge in [0.25, 0.3) is 0 Å². The Balaban J connectivity index is 0.00000114. The molecule has 10 aromatic rings. The predicted molar refractivity (Wildman–Crippen MR) is 360 cm³/mol. The van der Waals surface area contributed by atoms with Gasteiger partial charge >= 0.3 is 54.3 Å². The van der Waals surface area contributed by atoms with Crippen molar-refractivity contribution in [3.05, 3.63) is 289 Å². The molecule has 1 aliphatic carbocycles. The SMILES string of the molecule is C=Cc1ccc(C(c2ccc(OC3(F)C(F)(F)C(F)(F)C3(F)Oc3ccc(C(c4ccc(O/C(F)=C/Oc5ccc(-c6ccc(Oc7ccc(S(=O)(=O)c8ccc(Oc9ccc(-c%10ccc(OC)cc%10)cc9)cc8)cc7)cc6)cc5)cc4)C(F)(F)F)cc3)cc2)C(F)(F)F)cc1.CC(F)(F)F.CC(F)(F)F.CF. The molecule has 1 fully saturated rings. The van der Waals surface area contributed by atoms with Crippen molar-refractivity contribution < 1.29 is 129 Å². The van der Waals surface area contributed by atoms with E-state index in [2.05, 4.69) is 16.1 Å². The summed E-state index contributed by atoms with van der Waals surface area (Å²) in [6, 6.07) is 52.5. The van der Waals surface area contributed by atoms with Gasteiger partial charge in [-0.05, 0) is 184 Å². The van der Waals surface area contributed by atoms with Crippen LogP contribution in [0.15, 0.2) is 271 Å². The summed E-state index contributed by atoms with van der Waals surface area (Å²) >= 11 is 0. The molecule has 1 aliphatic rings. The van der Waals surface area contributed by atoms with Gasteiger partial charge in [0.15, 0.2) is 6.26 Å². The number of benzene rings is 10. The van der Waals surface area contributed by atoms with Crippen molar-refractivity contribution in [2.24, 2.45) is 0 Å². The van der Waals surface area contributed by atoms with Gasteiger partial charge in [-0.1, -0.05) is 122 Å². The second-order valence-electron chi connectivity index (χ2n) is 23.2. The molecule has 4 unspecified atom stereocenters. The average Bonchev–Trinajstić information content (AvgIpc) is 0.654. The first-order valence-electron chi connectivity index (χ1n) is 31.2. The molecule has 0 N–H and O–H groups in total. The van der Waals surface area contributed by atoms with Crippen LogP contribution in [-0.4, -0.2) is 71.0 Å². The minimum atomic E-state index is -5.98. The summed E-state index contributed by atoms with van der Waals surface area (Å²) in [5.41, 5.74) is 2.03. The van der Waals surface area contributed by atoms with Gasteiger partial charge in [-0.15, -0.1) is 0 Å². The van der Waals surface area contributed by atoms with Gasteiger partial charge in [0.1, 0.15) is 63.6 Å². The normalized spacial score (nSPS) is 16.6. The molecule has 0 saturated heterocycles. The highest BCUT2D eigenvalue weighted by Gasteiger charge is 3.03. The molecular weight excluding hydrogens is 1490 g/mol. The lowest BCUT2D eigenvalue weighted by molar-refractivity contribution is -0.527. The summed E-state index contributed by atoms with van der Waals surface area (Å²) in [6.45, 7) is 3.90. The lowest BCUT2D eigenvalue weighted by atomic mass is 9.76. The van der Waals surface area contributed by atoms with Crippen LogP contribution in [0, 0.1) is 0 Å². The number of hydrogen-bond donors (Lipinski definition) is 0. The Bertz CT molecular complexity index is 4710. The molecule has 4 atom stereocenters. The Morgan fingerprint density at radius 3 is 0.907 bits per heavy atom. The largest absolute Gasteiger partial charge is 0.497 e. The number of alkyl halides is 19. The van der Waals surface area contributed by atoms with E-state index in [1.165, 1.54) is 66.7 Å². The highest BCUT2D eigenvalue weighted by Crippen LogP contribution is 2.68. The smallest absolute Gasteiger partial charge is 0.399 e. The third-order valence-electron chi connectivity index (χ3n) is 15.5. The van der Waals surface area contributed by atoms with Crippen LogP contribution in [0.5, 0.6) is 51.7 Å². The van der Waals surface area contributed by atoms with Crippen molar-refractivity contribution in [1.82, 2.24) is 0 Å². The van der Waals surface area contributed by atoms with E-state index in [9.17, 15) is 87.4 Å². The van der Waals surface area contributed by atoms with Crippen molar-refractivity contribution in [1.29, 1.82) is 0 Å². The van der Waals surface area contributed by atoms with Crippen LogP contribution in [-0.2, 0) is 9.84 Å². The Labute approximate surface area is 604 Å². The van der Waals surface area contributed by atoms with Crippen LogP contribution in [0.1, 0.15) is 53.5 Å². The van der Waals surface area contributed by atoms with E-state index in [1.54, 1.807) is 55.6 Å².